The van der Waals surface area contributed by atoms with Crippen LogP contribution in [0.1, 0.15) is 29.0 Å². The second-order valence-corrected chi connectivity index (χ2v) is 3.78. The molecule has 0 unspecified atom stereocenters. The van der Waals surface area contributed by atoms with Gasteiger partial charge < -0.3 is 14.6 Å². The molecule has 0 atom stereocenters. The second kappa shape index (κ2) is 7.47. The van der Waals surface area contributed by atoms with Crippen LogP contribution in [0.2, 0.25) is 0 Å². The predicted octanol–water partition coefficient (Wildman–Crippen LogP) is -0.447. The van der Waals surface area contributed by atoms with Gasteiger partial charge in [-0.25, -0.2) is 9.48 Å². The van der Waals surface area contributed by atoms with Gasteiger partial charge in [0.05, 0.1) is 26.3 Å². The number of hydrogen-bond donors (Lipinski definition) is 1. The van der Waals surface area contributed by atoms with Gasteiger partial charge in [0.2, 0.25) is 0 Å². The molecule has 0 spiro atoms. The summed E-state index contributed by atoms with van der Waals surface area (Å²) in [6.45, 7) is 0.530. The summed E-state index contributed by atoms with van der Waals surface area (Å²) in [7, 11) is 2.50. The molecule has 0 fully saturated rings. The Hall–Kier alpha value is -1.96. The third-order valence-corrected chi connectivity index (χ3v) is 2.53. The van der Waals surface area contributed by atoms with Crippen molar-refractivity contribution < 1.29 is 24.2 Å². The normalized spacial score (nSPS) is 10.3. The van der Waals surface area contributed by atoms with Crippen LogP contribution in [0.4, 0.5) is 0 Å². The fraction of sp³-hybridized carbons (Fsp3) is 0.636. The number of methoxy groups -OCH3 is 2. The van der Waals surface area contributed by atoms with Crippen LogP contribution in [0.15, 0.2) is 0 Å². The molecule has 1 N–H and O–H groups in total. The Morgan fingerprint density at radius 2 is 2.00 bits per heavy atom. The molecule has 8 nitrogen and oxygen atoms in total. The molecule has 0 aliphatic heterocycles. The van der Waals surface area contributed by atoms with Crippen LogP contribution in [-0.4, -0.2) is 52.9 Å². The van der Waals surface area contributed by atoms with Crippen LogP contribution in [0.25, 0.3) is 0 Å². The van der Waals surface area contributed by atoms with E-state index in [2.05, 4.69) is 19.8 Å². The molecule has 0 aliphatic carbocycles. The molecule has 8 heteroatoms. The zero-order chi connectivity index (χ0) is 14.3. The Bertz CT molecular complexity index is 444. The van der Waals surface area contributed by atoms with E-state index in [1.54, 1.807) is 0 Å². The van der Waals surface area contributed by atoms with Crippen molar-refractivity contribution in [1.29, 1.82) is 0 Å². The Balaban J connectivity index is 2.92. The van der Waals surface area contributed by atoms with E-state index in [0.717, 1.165) is 0 Å². The summed E-state index contributed by atoms with van der Waals surface area (Å²) in [6, 6.07) is 0. The maximum Gasteiger partial charge on any atom is 0.360 e. The smallest absolute Gasteiger partial charge is 0.360 e. The van der Waals surface area contributed by atoms with Gasteiger partial charge >= 0.3 is 11.9 Å². The van der Waals surface area contributed by atoms with Crippen molar-refractivity contribution >= 4 is 11.9 Å². The van der Waals surface area contributed by atoms with Crippen molar-refractivity contribution in [2.75, 3.05) is 20.8 Å². The first-order valence-corrected chi connectivity index (χ1v) is 5.82. The number of aryl methyl sites for hydroxylation is 1. The topological polar surface area (TPSA) is 104 Å². The minimum atomic E-state index is -0.646. The van der Waals surface area contributed by atoms with E-state index in [1.807, 2.05) is 0 Å². The molecule has 0 aromatic carbocycles. The van der Waals surface area contributed by atoms with Crippen molar-refractivity contribution in [2.45, 2.75) is 25.8 Å². The second-order valence-electron chi connectivity index (χ2n) is 3.78. The number of aliphatic hydroxyl groups is 1. The lowest BCUT2D eigenvalue weighted by molar-refractivity contribution is -0.139. The number of esters is 2. The van der Waals surface area contributed by atoms with Gasteiger partial charge in [-0.2, -0.15) is 0 Å². The Morgan fingerprint density at radius 3 is 2.58 bits per heavy atom. The number of rotatable bonds is 7. The average Bonchev–Trinajstić information content (AvgIpc) is 2.81. The fourth-order valence-electron chi connectivity index (χ4n) is 1.52. The third kappa shape index (κ3) is 4.02. The zero-order valence-electron chi connectivity index (χ0n) is 11.0. The number of hydrogen-bond acceptors (Lipinski definition) is 7. The molecule has 106 valence electrons. The third-order valence-electron chi connectivity index (χ3n) is 2.53. The SMILES string of the molecule is COC(=O)Cc1c(C(=O)OC)nnn1CCCCO. The largest absolute Gasteiger partial charge is 0.469 e. The summed E-state index contributed by atoms with van der Waals surface area (Å²) >= 11 is 0. The van der Waals surface area contributed by atoms with Crippen LogP contribution in [-0.2, 0) is 27.2 Å². The monoisotopic (exact) mass is 271 g/mol. The highest BCUT2D eigenvalue weighted by atomic mass is 16.5. The van der Waals surface area contributed by atoms with E-state index in [1.165, 1.54) is 18.9 Å². The van der Waals surface area contributed by atoms with Crippen LogP contribution in [0.3, 0.4) is 0 Å². The molecular weight excluding hydrogens is 254 g/mol. The average molecular weight is 271 g/mol. The first-order valence-electron chi connectivity index (χ1n) is 5.82. The van der Waals surface area contributed by atoms with E-state index >= 15 is 0 Å². The predicted molar refractivity (Wildman–Crippen MR) is 63.4 cm³/mol. The Morgan fingerprint density at radius 1 is 1.26 bits per heavy atom. The lowest BCUT2D eigenvalue weighted by atomic mass is 10.2. The lowest BCUT2D eigenvalue weighted by Gasteiger charge is -2.06. The van der Waals surface area contributed by atoms with Gasteiger partial charge in [-0.3, -0.25) is 4.79 Å². The minimum Gasteiger partial charge on any atom is -0.469 e. The van der Waals surface area contributed by atoms with Gasteiger partial charge in [-0.15, -0.1) is 5.10 Å². The van der Waals surface area contributed by atoms with Crippen LogP contribution >= 0.6 is 0 Å². The molecule has 0 saturated heterocycles. The first kappa shape index (κ1) is 15.1. The molecule has 1 aromatic rings. The Kier molecular flexibility index (Phi) is 5.94. The molecule has 0 amide bonds. The molecule has 1 aromatic heterocycles. The van der Waals surface area contributed by atoms with Crippen molar-refractivity contribution in [2.24, 2.45) is 0 Å². The number of aliphatic hydroxyl groups excluding tert-OH is 1. The number of ether oxygens (including phenoxy) is 2. The van der Waals surface area contributed by atoms with Gasteiger partial charge in [-0.05, 0) is 12.8 Å². The van der Waals surface area contributed by atoms with Crippen molar-refractivity contribution in [3.63, 3.8) is 0 Å². The summed E-state index contributed by atoms with van der Waals surface area (Å²) in [4.78, 5) is 22.9. The van der Waals surface area contributed by atoms with E-state index in [9.17, 15) is 9.59 Å². The number of unbranched alkanes of at least 4 members (excludes halogenated alkanes) is 1. The summed E-state index contributed by atoms with van der Waals surface area (Å²) in [5.74, 6) is -1.14. The summed E-state index contributed by atoms with van der Waals surface area (Å²) in [5.41, 5.74) is 0.369. The Labute approximate surface area is 110 Å². The maximum absolute atomic E-state index is 11.5. The number of nitrogens with zero attached hydrogens (tertiary/aromatic N) is 3. The molecule has 1 heterocycles. The van der Waals surface area contributed by atoms with Crippen molar-refractivity contribution in [1.82, 2.24) is 15.0 Å². The van der Waals surface area contributed by atoms with Gasteiger partial charge in [0.15, 0.2) is 5.69 Å². The van der Waals surface area contributed by atoms with Crippen LogP contribution < -0.4 is 0 Å². The van der Waals surface area contributed by atoms with Gasteiger partial charge in [0.1, 0.15) is 0 Å². The molecular formula is C11H17N3O5. The molecule has 0 radical (unpaired) electrons. The van der Waals surface area contributed by atoms with Gasteiger partial charge in [0.25, 0.3) is 0 Å². The lowest BCUT2D eigenvalue weighted by Crippen LogP contribution is -2.15. The summed E-state index contributed by atoms with van der Waals surface area (Å²) < 4.78 is 10.6. The van der Waals surface area contributed by atoms with E-state index in [0.29, 0.717) is 25.1 Å². The highest BCUT2D eigenvalue weighted by molar-refractivity contribution is 5.89. The van der Waals surface area contributed by atoms with Crippen molar-refractivity contribution in [3.8, 4) is 0 Å². The minimum absolute atomic E-state index is 0.0110. The summed E-state index contributed by atoms with van der Waals surface area (Å²) in [6.07, 6.45) is 1.16. The number of carbonyl (C=O) groups excluding carboxylic acids is 2. The van der Waals surface area contributed by atoms with Crippen molar-refractivity contribution in [3.05, 3.63) is 11.4 Å². The summed E-state index contributed by atoms with van der Waals surface area (Å²) in [5, 5.41) is 16.3. The highest BCUT2D eigenvalue weighted by Gasteiger charge is 2.22. The maximum atomic E-state index is 11.5. The molecule has 0 aliphatic rings. The zero-order valence-corrected chi connectivity index (χ0v) is 11.0. The van der Waals surface area contributed by atoms with Gasteiger partial charge in [0, 0.05) is 13.2 Å². The number of carbonyl (C=O) groups is 2. The molecule has 0 saturated carbocycles. The van der Waals surface area contributed by atoms with Crippen LogP contribution in [0, 0.1) is 0 Å². The highest BCUT2D eigenvalue weighted by Crippen LogP contribution is 2.10. The van der Waals surface area contributed by atoms with Gasteiger partial charge in [-0.1, -0.05) is 5.21 Å². The first-order chi connectivity index (χ1) is 9.13. The molecule has 19 heavy (non-hydrogen) atoms. The standard InChI is InChI=1S/C11H17N3O5/c1-18-9(16)7-8-10(11(17)19-2)12-13-14(8)5-3-4-6-15/h15H,3-7H2,1-2H3. The molecule has 1 rings (SSSR count). The number of aromatic nitrogens is 3. The molecule has 0 bridgehead atoms. The van der Waals surface area contributed by atoms with E-state index < -0.39 is 11.9 Å². The van der Waals surface area contributed by atoms with Crippen LogP contribution in [0.5, 0.6) is 0 Å². The quantitative estimate of drug-likeness (QED) is 0.529. The fourth-order valence-corrected chi connectivity index (χ4v) is 1.52. The van der Waals surface area contributed by atoms with E-state index in [-0.39, 0.29) is 18.7 Å². The van der Waals surface area contributed by atoms with E-state index in [4.69, 9.17) is 5.11 Å².